The van der Waals surface area contributed by atoms with Crippen LogP contribution in [0, 0.1) is 5.82 Å². The highest BCUT2D eigenvalue weighted by molar-refractivity contribution is 9.10. The van der Waals surface area contributed by atoms with E-state index in [2.05, 4.69) is 28.2 Å². The molecule has 0 spiro atoms. The molecule has 3 heteroatoms. The third-order valence-electron chi connectivity index (χ3n) is 4.05. The highest BCUT2D eigenvalue weighted by Crippen LogP contribution is 2.28. The minimum absolute atomic E-state index is 0.0815. The SMILES string of the molecule is CCC1(Cc2cc(Br)ccc2F)CCCCCN1. The van der Waals surface area contributed by atoms with Gasteiger partial charge in [-0.15, -0.1) is 0 Å². The van der Waals surface area contributed by atoms with Crippen LogP contribution in [0.3, 0.4) is 0 Å². The summed E-state index contributed by atoms with van der Waals surface area (Å²) in [5.74, 6) is -0.0860. The van der Waals surface area contributed by atoms with Crippen molar-refractivity contribution in [3.05, 3.63) is 34.1 Å². The summed E-state index contributed by atoms with van der Waals surface area (Å²) >= 11 is 3.43. The fourth-order valence-electron chi connectivity index (χ4n) is 2.83. The monoisotopic (exact) mass is 313 g/mol. The van der Waals surface area contributed by atoms with E-state index in [0.29, 0.717) is 0 Å². The quantitative estimate of drug-likeness (QED) is 0.869. The lowest BCUT2D eigenvalue weighted by Gasteiger charge is -2.33. The van der Waals surface area contributed by atoms with Crippen molar-refractivity contribution in [3.8, 4) is 0 Å². The standard InChI is InChI=1S/C15H21BrFN/c1-2-15(8-4-3-5-9-18-15)11-12-10-13(16)6-7-14(12)17/h6-7,10,18H,2-5,8-9,11H2,1H3. The molecule has 1 atom stereocenters. The minimum Gasteiger partial charge on any atom is -0.311 e. The van der Waals surface area contributed by atoms with Gasteiger partial charge in [0.05, 0.1) is 0 Å². The summed E-state index contributed by atoms with van der Waals surface area (Å²) in [5.41, 5.74) is 0.902. The Kier molecular flexibility index (Phi) is 4.79. The van der Waals surface area contributed by atoms with Crippen LogP contribution >= 0.6 is 15.9 Å². The molecule has 0 amide bonds. The Balaban J connectivity index is 2.20. The molecule has 1 aliphatic rings. The van der Waals surface area contributed by atoms with E-state index in [9.17, 15) is 4.39 Å². The molecule has 0 bridgehead atoms. The summed E-state index contributed by atoms with van der Waals surface area (Å²) in [5, 5.41) is 3.66. The van der Waals surface area contributed by atoms with Crippen molar-refractivity contribution in [1.29, 1.82) is 0 Å². The van der Waals surface area contributed by atoms with Crippen LogP contribution < -0.4 is 5.32 Å². The van der Waals surface area contributed by atoms with Crippen molar-refractivity contribution >= 4 is 15.9 Å². The molecule has 0 radical (unpaired) electrons. The molecule has 1 aromatic carbocycles. The Bertz CT molecular complexity index is 397. The first-order chi connectivity index (χ1) is 8.65. The Labute approximate surface area is 117 Å². The predicted molar refractivity (Wildman–Crippen MR) is 77.3 cm³/mol. The molecule has 1 saturated heterocycles. The highest BCUT2D eigenvalue weighted by Gasteiger charge is 2.29. The van der Waals surface area contributed by atoms with Crippen LogP contribution in [0.2, 0.25) is 0 Å². The number of halogens is 2. The van der Waals surface area contributed by atoms with Gasteiger partial charge in [-0.1, -0.05) is 35.7 Å². The van der Waals surface area contributed by atoms with Crippen LogP contribution in [-0.4, -0.2) is 12.1 Å². The number of rotatable bonds is 3. The van der Waals surface area contributed by atoms with Gasteiger partial charge in [-0.25, -0.2) is 4.39 Å². The van der Waals surface area contributed by atoms with Crippen molar-refractivity contribution < 1.29 is 4.39 Å². The zero-order valence-corrected chi connectivity index (χ0v) is 12.5. The van der Waals surface area contributed by atoms with Crippen LogP contribution in [0.5, 0.6) is 0 Å². The van der Waals surface area contributed by atoms with E-state index in [-0.39, 0.29) is 11.4 Å². The number of nitrogens with one attached hydrogen (secondary N) is 1. The largest absolute Gasteiger partial charge is 0.311 e. The van der Waals surface area contributed by atoms with Gasteiger partial charge in [0, 0.05) is 10.0 Å². The molecular formula is C15H21BrFN. The second-order valence-corrected chi connectivity index (χ2v) is 6.20. The van der Waals surface area contributed by atoms with Crippen molar-refractivity contribution in [2.24, 2.45) is 0 Å². The molecule has 1 aliphatic heterocycles. The van der Waals surface area contributed by atoms with Crippen molar-refractivity contribution in [2.45, 2.75) is 51.0 Å². The summed E-state index contributed by atoms with van der Waals surface area (Å²) in [6.07, 6.45) is 6.76. The third-order valence-corrected chi connectivity index (χ3v) is 4.54. The summed E-state index contributed by atoms with van der Waals surface area (Å²) < 4.78 is 14.8. The second-order valence-electron chi connectivity index (χ2n) is 5.28. The molecule has 0 saturated carbocycles. The van der Waals surface area contributed by atoms with Gasteiger partial charge in [-0.05, 0) is 56.0 Å². The number of hydrogen-bond acceptors (Lipinski definition) is 1. The third kappa shape index (κ3) is 3.33. The van der Waals surface area contributed by atoms with Gasteiger partial charge in [-0.2, -0.15) is 0 Å². The first-order valence-corrected chi connectivity index (χ1v) is 7.63. The van der Waals surface area contributed by atoms with Crippen LogP contribution in [-0.2, 0) is 6.42 Å². The summed E-state index contributed by atoms with van der Waals surface area (Å²) in [4.78, 5) is 0. The molecule has 0 aromatic heterocycles. The molecule has 1 fully saturated rings. The molecule has 2 rings (SSSR count). The van der Waals surface area contributed by atoms with Crippen molar-refractivity contribution in [2.75, 3.05) is 6.54 Å². The molecule has 100 valence electrons. The van der Waals surface area contributed by atoms with E-state index in [1.54, 1.807) is 12.1 Å². The van der Waals surface area contributed by atoms with E-state index in [0.717, 1.165) is 35.8 Å². The maximum atomic E-state index is 13.9. The molecule has 1 nitrogen and oxygen atoms in total. The Hall–Kier alpha value is -0.410. The average molecular weight is 314 g/mol. The summed E-state index contributed by atoms with van der Waals surface area (Å²) in [6.45, 7) is 3.26. The van der Waals surface area contributed by atoms with Gasteiger partial charge in [0.1, 0.15) is 5.82 Å². The fourth-order valence-corrected chi connectivity index (χ4v) is 3.24. The summed E-state index contributed by atoms with van der Waals surface area (Å²) in [6, 6.07) is 5.23. The molecule has 1 heterocycles. The van der Waals surface area contributed by atoms with Crippen LogP contribution in [0.15, 0.2) is 22.7 Å². The fraction of sp³-hybridized carbons (Fsp3) is 0.600. The molecule has 0 aliphatic carbocycles. The number of hydrogen-bond donors (Lipinski definition) is 1. The summed E-state index contributed by atoms with van der Waals surface area (Å²) in [7, 11) is 0. The minimum atomic E-state index is -0.0860. The van der Waals surface area contributed by atoms with Crippen molar-refractivity contribution in [3.63, 3.8) is 0 Å². The van der Waals surface area contributed by atoms with Gasteiger partial charge < -0.3 is 5.32 Å². The number of benzene rings is 1. The van der Waals surface area contributed by atoms with Crippen molar-refractivity contribution in [1.82, 2.24) is 5.32 Å². The second kappa shape index (κ2) is 6.16. The van der Waals surface area contributed by atoms with Gasteiger partial charge in [0.25, 0.3) is 0 Å². The Morgan fingerprint density at radius 1 is 1.33 bits per heavy atom. The lowest BCUT2D eigenvalue weighted by atomic mass is 9.84. The van der Waals surface area contributed by atoms with Gasteiger partial charge in [-0.3, -0.25) is 0 Å². The Morgan fingerprint density at radius 2 is 2.17 bits per heavy atom. The van der Waals surface area contributed by atoms with Crippen LogP contribution in [0.25, 0.3) is 0 Å². The maximum absolute atomic E-state index is 13.9. The van der Waals surface area contributed by atoms with Gasteiger partial charge in [0.15, 0.2) is 0 Å². The van der Waals surface area contributed by atoms with Gasteiger partial charge >= 0.3 is 0 Å². The molecule has 1 aromatic rings. The van der Waals surface area contributed by atoms with E-state index >= 15 is 0 Å². The van der Waals surface area contributed by atoms with E-state index in [1.165, 1.54) is 19.3 Å². The first kappa shape index (κ1) is 14.0. The lowest BCUT2D eigenvalue weighted by molar-refractivity contribution is 0.299. The zero-order chi connectivity index (χ0) is 13.0. The van der Waals surface area contributed by atoms with E-state index < -0.39 is 0 Å². The topological polar surface area (TPSA) is 12.0 Å². The molecular weight excluding hydrogens is 293 g/mol. The molecule has 1 unspecified atom stereocenters. The normalized spacial score (nSPS) is 24.8. The van der Waals surface area contributed by atoms with E-state index in [1.807, 2.05) is 6.07 Å². The predicted octanol–water partition coefficient (Wildman–Crippen LogP) is 4.44. The maximum Gasteiger partial charge on any atom is 0.126 e. The zero-order valence-electron chi connectivity index (χ0n) is 10.9. The van der Waals surface area contributed by atoms with Gasteiger partial charge in [0.2, 0.25) is 0 Å². The average Bonchev–Trinajstić information content (AvgIpc) is 2.60. The smallest absolute Gasteiger partial charge is 0.126 e. The lowest BCUT2D eigenvalue weighted by Crippen LogP contribution is -2.46. The first-order valence-electron chi connectivity index (χ1n) is 6.84. The molecule has 18 heavy (non-hydrogen) atoms. The molecule has 1 N–H and O–H groups in total. The Morgan fingerprint density at radius 3 is 2.94 bits per heavy atom. The van der Waals surface area contributed by atoms with E-state index in [4.69, 9.17) is 0 Å². The highest BCUT2D eigenvalue weighted by atomic mass is 79.9. The van der Waals surface area contributed by atoms with Crippen LogP contribution in [0.1, 0.15) is 44.6 Å². The van der Waals surface area contributed by atoms with Crippen LogP contribution in [0.4, 0.5) is 4.39 Å².